The van der Waals surface area contributed by atoms with Crippen molar-refractivity contribution in [3.8, 4) is 0 Å². The van der Waals surface area contributed by atoms with Crippen LogP contribution in [0.4, 0.5) is 0 Å². The molecule has 0 aliphatic rings. The summed E-state index contributed by atoms with van der Waals surface area (Å²) in [4.78, 5) is 11.1. The van der Waals surface area contributed by atoms with Gasteiger partial charge in [0.2, 0.25) is 5.91 Å². The van der Waals surface area contributed by atoms with Crippen LogP contribution in [0.15, 0.2) is 24.3 Å². The fraction of sp³-hybridized carbons (Fsp3) is 0.364. The lowest BCUT2D eigenvalue weighted by molar-refractivity contribution is 0.0998. The summed E-state index contributed by atoms with van der Waals surface area (Å²) in [6.45, 7) is 6.19. The summed E-state index contributed by atoms with van der Waals surface area (Å²) in [6.07, 6.45) is 0. The highest BCUT2D eigenvalue weighted by atomic mass is 35.5. The zero-order valence-electron chi connectivity index (χ0n) is 8.70. The van der Waals surface area contributed by atoms with Gasteiger partial charge in [-0.1, -0.05) is 39.0 Å². The monoisotopic (exact) mass is 213 g/mol. The van der Waals surface area contributed by atoms with Crippen LogP contribution in [-0.4, -0.2) is 5.91 Å². The normalized spacial score (nSPS) is 10.5. The molecule has 0 heterocycles. The van der Waals surface area contributed by atoms with Crippen molar-refractivity contribution < 1.29 is 4.79 Å². The van der Waals surface area contributed by atoms with Crippen molar-refractivity contribution in [1.29, 1.82) is 0 Å². The van der Waals surface area contributed by atoms with Crippen LogP contribution in [0.5, 0.6) is 0 Å². The zero-order chi connectivity index (χ0) is 10.1. The SMILES string of the molecule is CC(C)(C)c1ccccc1C(N)=O.Cl. The summed E-state index contributed by atoms with van der Waals surface area (Å²) in [7, 11) is 0. The maximum Gasteiger partial charge on any atom is 0.248 e. The zero-order valence-corrected chi connectivity index (χ0v) is 9.52. The van der Waals surface area contributed by atoms with E-state index in [0.29, 0.717) is 5.56 Å². The van der Waals surface area contributed by atoms with Gasteiger partial charge in [0, 0.05) is 5.56 Å². The van der Waals surface area contributed by atoms with Crippen molar-refractivity contribution in [3.63, 3.8) is 0 Å². The van der Waals surface area contributed by atoms with Gasteiger partial charge in [-0.2, -0.15) is 0 Å². The molecule has 0 bridgehead atoms. The molecule has 2 N–H and O–H groups in total. The van der Waals surface area contributed by atoms with Gasteiger partial charge >= 0.3 is 0 Å². The second-order valence-corrected chi connectivity index (χ2v) is 4.16. The molecule has 2 nitrogen and oxygen atoms in total. The number of amides is 1. The van der Waals surface area contributed by atoms with Gasteiger partial charge in [0.15, 0.2) is 0 Å². The van der Waals surface area contributed by atoms with E-state index in [-0.39, 0.29) is 23.7 Å². The topological polar surface area (TPSA) is 43.1 Å². The molecular weight excluding hydrogens is 198 g/mol. The number of hydrogen-bond donors (Lipinski definition) is 1. The fourth-order valence-electron chi connectivity index (χ4n) is 1.35. The number of primary amides is 1. The molecule has 0 fully saturated rings. The second kappa shape index (κ2) is 4.47. The predicted molar refractivity (Wildman–Crippen MR) is 60.9 cm³/mol. The first-order valence-electron chi connectivity index (χ1n) is 4.32. The van der Waals surface area contributed by atoms with Crippen LogP contribution in [0.2, 0.25) is 0 Å². The molecule has 0 saturated heterocycles. The molecule has 0 radical (unpaired) electrons. The van der Waals surface area contributed by atoms with E-state index in [0.717, 1.165) is 5.56 Å². The molecule has 0 atom stereocenters. The lowest BCUT2D eigenvalue weighted by Crippen LogP contribution is -2.20. The van der Waals surface area contributed by atoms with Gasteiger partial charge in [0.1, 0.15) is 0 Å². The third-order valence-corrected chi connectivity index (χ3v) is 2.00. The summed E-state index contributed by atoms with van der Waals surface area (Å²) < 4.78 is 0. The minimum atomic E-state index is -0.356. The Balaban J connectivity index is 0.00000169. The average molecular weight is 214 g/mol. The minimum Gasteiger partial charge on any atom is -0.366 e. The number of hydrogen-bond acceptors (Lipinski definition) is 1. The molecule has 0 aromatic heterocycles. The fourth-order valence-corrected chi connectivity index (χ4v) is 1.35. The maximum atomic E-state index is 11.1. The van der Waals surface area contributed by atoms with Crippen LogP contribution < -0.4 is 5.73 Å². The molecule has 0 aliphatic heterocycles. The lowest BCUT2D eigenvalue weighted by atomic mass is 9.83. The average Bonchev–Trinajstić information content (AvgIpc) is 2.03. The molecule has 14 heavy (non-hydrogen) atoms. The Morgan fingerprint density at radius 2 is 1.71 bits per heavy atom. The van der Waals surface area contributed by atoms with Crippen LogP contribution in [-0.2, 0) is 5.41 Å². The predicted octanol–water partition coefficient (Wildman–Crippen LogP) is 2.50. The van der Waals surface area contributed by atoms with E-state index in [2.05, 4.69) is 20.8 Å². The van der Waals surface area contributed by atoms with Gasteiger partial charge in [-0.25, -0.2) is 0 Å². The van der Waals surface area contributed by atoms with Crippen LogP contribution in [0.25, 0.3) is 0 Å². The summed E-state index contributed by atoms with van der Waals surface area (Å²) in [5.41, 5.74) is 6.86. The van der Waals surface area contributed by atoms with Crippen LogP contribution in [0.3, 0.4) is 0 Å². The standard InChI is InChI=1S/C11H15NO.ClH/c1-11(2,3)9-7-5-4-6-8(9)10(12)13;/h4-7H,1-3H3,(H2,12,13);1H. The second-order valence-electron chi connectivity index (χ2n) is 4.16. The van der Waals surface area contributed by atoms with E-state index >= 15 is 0 Å². The molecule has 0 saturated carbocycles. The van der Waals surface area contributed by atoms with Crippen molar-refractivity contribution in [2.24, 2.45) is 5.73 Å². The highest BCUT2D eigenvalue weighted by Crippen LogP contribution is 2.25. The van der Waals surface area contributed by atoms with Crippen LogP contribution >= 0.6 is 12.4 Å². The van der Waals surface area contributed by atoms with E-state index in [9.17, 15) is 4.79 Å². The number of nitrogens with two attached hydrogens (primary N) is 1. The van der Waals surface area contributed by atoms with Gasteiger partial charge in [-0.05, 0) is 17.0 Å². The Bertz CT molecular complexity index is 328. The summed E-state index contributed by atoms with van der Waals surface area (Å²) in [5, 5.41) is 0. The Morgan fingerprint density at radius 3 is 2.07 bits per heavy atom. The number of rotatable bonds is 1. The number of halogens is 1. The smallest absolute Gasteiger partial charge is 0.248 e. The number of benzene rings is 1. The van der Waals surface area contributed by atoms with E-state index in [4.69, 9.17) is 5.73 Å². The molecule has 3 heteroatoms. The third kappa shape index (κ3) is 2.74. The quantitative estimate of drug-likeness (QED) is 0.766. The first-order valence-corrected chi connectivity index (χ1v) is 4.32. The molecule has 0 spiro atoms. The molecular formula is C11H16ClNO. The number of carbonyl (C=O) groups excluding carboxylic acids is 1. The van der Waals surface area contributed by atoms with Crippen molar-refractivity contribution in [2.45, 2.75) is 26.2 Å². The van der Waals surface area contributed by atoms with Gasteiger partial charge in [-0.3, -0.25) is 4.79 Å². The van der Waals surface area contributed by atoms with Crippen molar-refractivity contribution in [1.82, 2.24) is 0 Å². The first kappa shape index (κ1) is 13.0. The van der Waals surface area contributed by atoms with Crippen molar-refractivity contribution >= 4 is 18.3 Å². The van der Waals surface area contributed by atoms with Crippen LogP contribution in [0, 0.1) is 0 Å². The van der Waals surface area contributed by atoms with E-state index < -0.39 is 0 Å². The first-order chi connectivity index (χ1) is 5.93. The molecule has 78 valence electrons. The van der Waals surface area contributed by atoms with E-state index in [1.807, 2.05) is 18.2 Å². The Labute approximate surface area is 90.9 Å². The van der Waals surface area contributed by atoms with Gasteiger partial charge in [-0.15, -0.1) is 12.4 Å². The molecule has 1 amide bonds. The highest BCUT2D eigenvalue weighted by Gasteiger charge is 2.19. The molecule has 1 aromatic rings. The Morgan fingerprint density at radius 1 is 1.21 bits per heavy atom. The Kier molecular flexibility index (Phi) is 4.14. The van der Waals surface area contributed by atoms with Gasteiger partial charge in [0.05, 0.1) is 0 Å². The largest absolute Gasteiger partial charge is 0.366 e. The van der Waals surface area contributed by atoms with Crippen molar-refractivity contribution in [2.75, 3.05) is 0 Å². The molecule has 0 unspecified atom stereocenters. The van der Waals surface area contributed by atoms with Crippen LogP contribution in [0.1, 0.15) is 36.7 Å². The molecule has 0 aliphatic carbocycles. The maximum absolute atomic E-state index is 11.1. The third-order valence-electron chi connectivity index (χ3n) is 2.00. The lowest BCUT2D eigenvalue weighted by Gasteiger charge is -2.21. The summed E-state index contributed by atoms with van der Waals surface area (Å²) in [5.74, 6) is -0.356. The van der Waals surface area contributed by atoms with Crippen molar-refractivity contribution in [3.05, 3.63) is 35.4 Å². The summed E-state index contributed by atoms with van der Waals surface area (Å²) in [6, 6.07) is 7.46. The highest BCUT2D eigenvalue weighted by molar-refractivity contribution is 5.94. The molecule has 1 rings (SSSR count). The van der Waals surface area contributed by atoms with Gasteiger partial charge in [0.25, 0.3) is 0 Å². The van der Waals surface area contributed by atoms with E-state index in [1.54, 1.807) is 6.07 Å². The minimum absolute atomic E-state index is 0. The van der Waals surface area contributed by atoms with E-state index in [1.165, 1.54) is 0 Å². The van der Waals surface area contributed by atoms with Gasteiger partial charge < -0.3 is 5.73 Å². The summed E-state index contributed by atoms with van der Waals surface area (Å²) >= 11 is 0. The number of carbonyl (C=O) groups is 1. The molecule has 1 aromatic carbocycles. The Hall–Kier alpha value is -1.02.